The summed E-state index contributed by atoms with van der Waals surface area (Å²) in [4.78, 5) is 37.5. The second-order valence-corrected chi connectivity index (χ2v) is 6.43. The van der Waals surface area contributed by atoms with Crippen molar-refractivity contribution in [2.75, 3.05) is 13.2 Å². The van der Waals surface area contributed by atoms with E-state index in [4.69, 9.17) is 9.84 Å². The lowest BCUT2D eigenvalue weighted by atomic mass is 9.92. The van der Waals surface area contributed by atoms with Crippen LogP contribution < -0.4 is 4.74 Å². The van der Waals surface area contributed by atoms with Gasteiger partial charge in [0.15, 0.2) is 0 Å². The number of carboxylic acids is 1. The Morgan fingerprint density at radius 3 is 2.36 bits per heavy atom. The maximum absolute atomic E-state index is 12.9. The number of ether oxygens (including phenoxy) is 1. The third-order valence-corrected chi connectivity index (χ3v) is 4.38. The van der Waals surface area contributed by atoms with Crippen LogP contribution in [0.5, 0.6) is 5.75 Å². The van der Waals surface area contributed by atoms with Crippen molar-refractivity contribution >= 4 is 29.4 Å². The van der Waals surface area contributed by atoms with Crippen molar-refractivity contribution in [2.24, 2.45) is 0 Å². The highest BCUT2D eigenvalue weighted by atomic mass is 16.5. The average Bonchev–Trinajstić information content (AvgIpc) is 2.70. The molecule has 0 aromatic heterocycles. The van der Waals surface area contributed by atoms with Gasteiger partial charge in [-0.15, -0.1) is 0 Å². The van der Waals surface area contributed by atoms with E-state index in [0.717, 1.165) is 22.6 Å². The number of hydrogen-bond acceptors (Lipinski definition) is 4. The highest BCUT2D eigenvalue weighted by Crippen LogP contribution is 2.30. The second-order valence-electron chi connectivity index (χ2n) is 6.43. The van der Waals surface area contributed by atoms with Gasteiger partial charge in [0, 0.05) is 17.7 Å². The van der Waals surface area contributed by atoms with Gasteiger partial charge in [-0.2, -0.15) is 0 Å². The number of amides is 2. The van der Waals surface area contributed by atoms with Crippen molar-refractivity contribution in [3.05, 3.63) is 65.2 Å². The maximum atomic E-state index is 12.9. The summed E-state index contributed by atoms with van der Waals surface area (Å²) in [6.07, 6.45) is 2.33. The molecule has 28 heavy (non-hydrogen) atoms. The van der Waals surface area contributed by atoms with Crippen LogP contribution in [0.15, 0.2) is 48.5 Å². The number of aliphatic carboxylic acids is 1. The molecule has 0 bridgehead atoms. The van der Waals surface area contributed by atoms with Crippen LogP contribution in [0.25, 0.3) is 11.6 Å². The Balaban J connectivity index is 1.96. The molecule has 3 rings (SSSR count). The van der Waals surface area contributed by atoms with E-state index in [9.17, 15) is 14.4 Å². The summed E-state index contributed by atoms with van der Waals surface area (Å²) >= 11 is 0. The third kappa shape index (κ3) is 4.11. The molecular weight excluding hydrogens is 358 g/mol. The van der Waals surface area contributed by atoms with Crippen LogP contribution in [-0.4, -0.2) is 40.9 Å². The first kappa shape index (κ1) is 19.4. The third-order valence-electron chi connectivity index (χ3n) is 4.38. The van der Waals surface area contributed by atoms with Gasteiger partial charge in [-0.3, -0.25) is 19.3 Å². The molecule has 1 N–H and O–H groups in total. The maximum Gasteiger partial charge on any atom is 0.305 e. The fourth-order valence-corrected chi connectivity index (χ4v) is 3.00. The quantitative estimate of drug-likeness (QED) is 0.588. The summed E-state index contributed by atoms with van der Waals surface area (Å²) in [6, 6.07) is 14.2. The normalized spacial score (nSPS) is 14.9. The first-order chi connectivity index (χ1) is 13.5. The molecule has 0 saturated carbocycles. The van der Waals surface area contributed by atoms with Crippen molar-refractivity contribution in [1.82, 2.24) is 4.90 Å². The van der Waals surface area contributed by atoms with E-state index >= 15 is 0 Å². The summed E-state index contributed by atoms with van der Waals surface area (Å²) in [6.45, 7) is 2.50. The van der Waals surface area contributed by atoms with Gasteiger partial charge in [-0.05, 0) is 41.8 Å². The highest BCUT2D eigenvalue weighted by Gasteiger charge is 2.34. The zero-order valence-corrected chi connectivity index (χ0v) is 15.6. The summed E-state index contributed by atoms with van der Waals surface area (Å²) in [7, 11) is 0. The predicted octanol–water partition coefficient (Wildman–Crippen LogP) is 3.47. The minimum Gasteiger partial charge on any atom is -0.494 e. The molecule has 0 radical (unpaired) electrons. The van der Waals surface area contributed by atoms with E-state index < -0.39 is 17.8 Å². The van der Waals surface area contributed by atoms with Crippen molar-refractivity contribution in [1.29, 1.82) is 0 Å². The zero-order chi connectivity index (χ0) is 20.1. The molecule has 0 aliphatic carbocycles. The number of carbonyl (C=O) groups is 3. The molecule has 144 valence electrons. The van der Waals surface area contributed by atoms with Crippen molar-refractivity contribution in [2.45, 2.75) is 19.8 Å². The van der Waals surface area contributed by atoms with Crippen LogP contribution in [0.1, 0.15) is 41.3 Å². The molecule has 0 spiro atoms. The van der Waals surface area contributed by atoms with Gasteiger partial charge in [-0.25, -0.2) is 0 Å². The largest absolute Gasteiger partial charge is 0.494 e. The van der Waals surface area contributed by atoms with Gasteiger partial charge in [-0.1, -0.05) is 37.3 Å². The minimum atomic E-state index is -1.06. The van der Waals surface area contributed by atoms with E-state index in [2.05, 4.69) is 0 Å². The van der Waals surface area contributed by atoms with Gasteiger partial charge < -0.3 is 9.84 Å². The van der Waals surface area contributed by atoms with E-state index in [1.807, 2.05) is 31.2 Å². The summed E-state index contributed by atoms with van der Waals surface area (Å²) in [5.41, 5.74) is 2.09. The van der Waals surface area contributed by atoms with Crippen LogP contribution in [-0.2, 0) is 9.59 Å². The smallest absolute Gasteiger partial charge is 0.305 e. The molecule has 1 aliphatic rings. The first-order valence-corrected chi connectivity index (χ1v) is 9.13. The first-order valence-electron chi connectivity index (χ1n) is 9.13. The molecule has 2 aromatic rings. The number of carboxylic acid groups (broad SMARTS) is 1. The average molecular weight is 379 g/mol. The topological polar surface area (TPSA) is 83.9 Å². The van der Waals surface area contributed by atoms with Gasteiger partial charge >= 0.3 is 5.97 Å². The number of benzene rings is 2. The van der Waals surface area contributed by atoms with E-state index in [1.165, 1.54) is 0 Å². The Kier molecular flexibility index (Phi) is 5.89. The van der Waals surface area contributed by atoms with Gasteiger partial charge in [0.2, 0.25) is 0 Å². The SMILES string of the molecule is CCCOc1ccc(/C=C2\C(=O)N(CCC(=O)O)C(=O)c3ccccc32)cc1. The number of carbonyl (C=O) groups excluding carboxylic acids is 2. The number of fused-ring (bicyclic) bond motifs is 1. The number of hydrogen-bond donors (Lipinski definition) is 1. The number of rotatable bonds is 7. The Hall–Kier alpha value is -3.41. The molecule has 0 atom stereocenters. The summed E-state index contributed by atoms with van der Waals surface area (Å²) in [5, 5.41) is 8.92. The minimum absolute atomic E-state index is 0.164. The molecule has 1 heterocycles. The Morgan fingerprint density at radius 2 is 1.71 bits per heavy atom. The Bertz CT molecular complexity index is 930. The van der Waals surface area contributed by atoms with Crippen molar-refractivity contribution in [3.8, 4) is 5.75 Å². The second kappa shape index (κ2) is 8.52. The fraction of sp³-hybridized carbons (Fsp3) is 0.227. The van der Waals surface area contributed by atoms with E-state index in [1.54, 1.807) is 30.3 Å². The molecule has 6 nitrogen and oxygen atoms in total. The standard InChI is InChI=1S/C22H21NO5/c1-2-13-28-16-9-7-15(8-10-16)14-19-17-5-3-4-6-18(17)21(26)23(22(19)27)12-11-20(24)25/h3-10,14H,2,11-13H2,1H3,(H,24,25)/b19-14-. The fourth-order valence-electron chi connectivity index (χ4n) is 3.00. The highest BCUT2D eigenvalue weighted by molar-refractivity contribution is 6.33. The van der Waals surface area contributed by atoms with Crippen LogP contribution in [0.2, 0.25) is 0 Å². The molecule has 2 amide bonds. The van der Waals surface area contributed by atoms with Gasteiger partial charge in [0.05, 0.1) is 13.0 Å². The summed E-state index contributed by atoms with van der Waals surface area (Å²) in [5.74, 6) is -1.27. The molecule has 0 fully saturated rings. The monoisotopic (exact) mass is 379 g/mol. The van der Waals surface area contributed by atoms with E-state index in [-0.39, 0.29) is 13.0 Å². The van der Waals surface area contributed by atoms with Crippen LogP contribution in [0, 0.1) is 0 Å². The Morgan fingerprint density at radius 1 is 1.04 bits per heavy atom. The van der Waals surface area contributed by atoms with Crippen LogP contribution in [0.4, 0.5) is 0 Å². The molecule has 6 heteroatoms. The lowest BCUT2D eigenvalue weighted by Gasteiger charge is -2.28. The molecular formula is C22H21NO5. The molecule has 1 aliphatic heterocycles. The lowest BCUT2D eigenvalue weighted by molar-refractivity contribution is -0.137. The molecule has 0 saturated heterocycles. The van der Waals surface area contributed by atoms with Crippen molar-refractivity contribution < 1.29 is 24.2 Å². The van der Waals surface area contributed by atoms with Crippen LogP contribution in [0.3, 0.4) is 0 Å². The number of imide groups is 1. The number of nitrogens with zero attached hydrogens (tertiary/aromatic N) is 1. The predicted molar refractivity (Wildman–Crippen MR) is 105 cm³/mol. The van der Waals surface area contributed by atoms with Crippen molar-refractivity contribution in [3.63, 3.8) is 0 Å². The summed E-state index contributed by atoms with van der Waals surface area (Å²) < 4.78 is 5.57. The van der Waals surface area contributed by atoms with E-state index in [0.29, 0.717) is 23.3 Å². The van der Waals surface area contributed by atoms with Gasteiger partial charge in [0.1, 0.15) is 5.75 Å². The molecule has 0 unspecified atom stereocenters. The Labute approximate surface area is 163 Å². The van der Waals surface area contributed by atoms with Crippen LogP contribution >= 0.6 is 0 Å². The van der Waals surface area contributed by atoms with Gasteiger partial charge in [0.25, 0.3) is 11.8 Å². The lowest BCUT2D eigenvalue weighted by Crippen LogP contribution is -2.42. The molecule has 2 aromatic carbocycles. The zero-order valence-electron chi connectivity index (χ0n) is 15.6.